The molecule has 3 heteroatoms. The van der Waals surface area contributed by atoms with Crippen LogP contribution in [-0.4, -0.2) is 16.1 Å². The van der Waals surface area contributed by atoms with Gasteiger partial charge in [0.15, 0.2) is 0 Å². The molecule has 0 amide bonds. The summed E-state index contributed by atoms with van der Waals surface area (Å²) in [5, 5.41) is 5.94. The summed E-state index contributed by atoms with van der Waals surface area (Å²) in [5.41, 5.74) is 1.33. The molecule has 102 valence electrons. The Morgan fingerprint density at radius 2 is 1.95 bits per heavy atom. The van der Waals surface area contributed by atoms with Crippen molar-refractivity contribution in [2.24, 2.45) is 0 Å². The van der Waals surface area contributed by atoms with E-state index in [0.717, 1.165) is 25.5 Å². The van der Waals surface area contributed by atoms with Crippen molar-refractivity contribution in [2.75, 3.05) is 6.54 Å². The first-order chi connectivity index (χ1) is 9.88. The Morgan fingerprint density at radius 3 is 2.85 bits per heavy atom. The van der Waals surface area contributed by atoms with Gasteiger partial charge in [-0.25, -0.2) is 4.98 Å². The van der Waals surface area contributed by atoms with Crippen LogP contribution in [0.1, 0.15) is 18.3 Å². The van der Waals surface area contributed by atoms with Crippen LogP contribution >= 0.6 is 0 Å². The Kier molecular flexibility index (Phi) is 3.79. The number of fused-ring (bicyclic) bond motifs is 1. The number of aromatic nitrogens is 2. The fourth-order valence-corrected chi connectivity index (χ4v) is 2.50. The van der Waals surface area contributed by atoms with E-state index >= 15 is 0 Å². The lowest BCUT2D eigenvalue weighted by Crippen LogP contribution is -2.16. The van der Waals surface area contributed by atoms with Crippen LogP contribution in [0.5, 0.6) is 0 Å². The van der Waals surface area contributed by atoms with Crippen molar-refractivity contribution in [3.63, 3.8) is 0 Å². The summed E-state index contributed by atoms with van der Waals surface area (Å²) in [6.45, 7) is 4.75. The normalized spacial score (nSPS) is 11.1. The molecule has 1 aromatic heterocycles. The first-order valence-electron chi connectivity index (χ1n) is 7.06. The highest BCUT2D eigenvalue weighted by Gasteiger charge is 2.05. The Bertz CT molecular complexity index is 695. The third-order valence-electron chi connectivity index (χ3n) is 3.56. The third kappa shape index (κ3) is 2.58. The number of benzene rings is 2. The number of nitrogens with zero attached hydrogens (tertiary/aromatic N) is 2. The van der Waals surface area contributed by atoms with Crippen LogP contribution in [0, 0.1) is 0 Å². The van der Waals surface area contributed by atoms with E-state index < -0.39 is 0 Å². The van der Waals surface area contributed by atoms with Gasteiger partial charge >= 0.3 is 0 Å². The van der Waals surface area contributed by atoms with E-state index in [4.69, 9.17) is 0 Å². The van der Waals surface area contributed by atoms with Crippen LogP contribution in [0.4, 0.5) is 0 Å². The van der Waals surface area contributed by atoms with Gasteiger partial charge in [-0.2, -0.15) is 0 Å². The van der Waals surface area contributed by atoms with Crippen molar-refractivity contribution in [3.8, 4) is 0 Å². The van der Waals surface area contributed by atoms with Crippen molar-refractivity contribution in [1.82, 2.24) is 14.9 Å². The maximum Gasteiger partial charge on any atom is 0.122 e. The molecule has 0 fully saturated rings. The van der Waals surface area contributed by atoms with Crippen LogP contribution in [0.3, 0.4) is 0 Å². The van der Waals surface area contributed by atoms with Crippen molar-refractivity contribution in [2.45, 2.75) is 20.0 Å². The number of imidazole rings is 1. The van der Waals surface area contributed by atoms with Crippen molar-refractivity contribution in [1.29, 1.82) is 0 Å². The Labute approximate surface area is 119 Å². The van der Waals surface area contributed by atoms with Gasteiger partial charge in [0.2, 0.25) is 0 Å². The molecule has 3 aromatic rings. The van der Waals surface area contributed by atoms with Gasteiger partial charge in [-0.15, -0.1) is 0 Å². The Morgan fingerprint density at radius 1 is 1.10 bits per heavy atom. The van der Waals surface area contributed by atoms with E-state index in [1.54, 1.807) is 0 Å². The summed E-state index contributed by atoms with van der Waals surface area (Å²) in [5.74, 6) is 1.08. The minimum absolute atomic E-state index is 0.814. The molecular weight excluding hydrogens is 246 g/mol. The van der Waals surface area contributed by atoms with Crippen LogP contribution in [0.2, 0.25) is 0 Å². The summed E-state index contributed by atoms with van der Waals surface area (Å²) in [6.07, 6.45) is 3.92. The number of nitrogens with one attached hydrogen (secondary N) is 1. The van der Waals surface area contributed by atoms with Gasteiger partial charge in [0.1, 0.15) is 5.82 Å². The molecular formula is C17H19N3. The average Bonchev–Trinajstić information content (AvgIpc) is 2.93. The number of hydrogen-bond donors (Lipinski definition) is 1. The van der Waals surface area contributed by atoms with Gasteiger partial charge in [0, 0.05) is 18.9 Å². The molecule has 0 saturated heterocycles. The van der Waals surface area contributed by atoms with E-state index in [0.29, 0.717) is 0 Å². The van der Waals surface area contributed by atoms with Crippen LogP contribution in [-0.2, 0) is 13.1 Å². The first kappa shape index (κ1) is 12.9. The molecule has 0 bridgehead atoms. The molecule has 0 radical (unpaired) electrons. The molecule has 3 nitrogen and oxygen atoms in total. The second-order valence-electron chi connectivity index (χ2n) is 4.89. The number of rotatable bonds is 5. The van der Waals surface area contributed by atoms with E-state index in [2.05, 4.69) is 70.5 Å². The van der Waals surface area contributed by atoms with E-state index in [1.165, 1.54) is 16.3 Å². The molecule has 0 aliphatic rings. The lowest BCUT2D eigenvalue weighted by atomic mass is 10.0. The zero-order valence-corrected chi connectivity index (χ0v) is 11.7. The topological polar surface area (TPSA) is 29.9 Å². The second kappa shape index (κ2) is 5.88. The molecule has 0 saturated carbocycles. The molecule has 0 aliphatic carbocycles. The second-order valence-corrected chi connectivity index (χ2v) is 4.89. The quantitative estimate of drug-likeness (QED) is 0.768. The van der Waals surface area contributed by atoms with Crippen LogP contribution in [0.25, 0.3) is 10.8 Å². The standard InChI is InChI=1S/C17H19N3/c1-2-18-12-17-19-10-11-20(17)13-15-8-5-7-14-6-3-4-9-16(14)15/h3-11,18H,2,12-13H2,1H3. The SMILES string of the molecule is CCNCc1nccn1Cc1cccc2ccccc12. The molecule has 20 heavy (non-hydrogen) atoms. The fraction of sp³-hybridized carbons (Fsp3) is 0.235. The molecule has 1 N–H and O–H groups in total. The van der Waals surface area contributed by atoms with E-state index in [-0.39, 0.29) is 0 Å². The predicted molar refractivity (Wildman–Crippen MR) is 82.7 cm³/mol. The van der Waals surface area contributed by atoms with Crippen molar-refractivity contribution >= 4 is 10.8 Å². The number of hydrogen-bond acceptors (Lipinski definition) is 2. The fourth-order valence-electron chi connectivity index (χ4n) is 2.50. The van der Waals surface area contributed by atoms with Crippen molar-refractivity contribution < 1.29 is 0 Å². The van der Waals surface area contributed by atoms with Crippen molar-refractivity contribution in [3.05, 3.63) is 66.2 Å². The maximum atomic E-state index is 4.43. The molecule has 0 aliphatic heterocycles. The molecule has 1 heterocycles. The van der Waals surface area contributed by atoms with Gasteiger partial charge in [0.05, 0.1) is 6.54 Å². The van der Waals surface area contributed by atoms with Gasteiger partial charge < -0.3 is 9.88 Å². The highest BCUT2D eigenvalue weighted by Crippen LogP contribution is 2.19. The van der Waals surface area contributed by atoms with E-state index in [1.807, 2.05) is 6.20 Å². The lowest BCUT2D eigenvalue weighted by Gasteiger charge is -2.10. The highest BCUT2D eigenvalue weighted by molar-refractivity contribution is 5.85. The molecule has 2 aromatic carbocycles. The van der Waals surface area contributed by atoms with Gasteiger partial charge in [-0.1, -0.05) is 49.4 Å². The van der Waals surface area contributed by atoms with Gasteiger partial charge in [-0.3, -0.25) is 0 Å². The predicted octanol–water partition coefficient (Wildman–Crippen LogP) is 3.19. The lowest BCUT2D eigenvalue weighted by molar-refractivity contribution is 0.640. The summed E-state index contributed by atoms with van der Waals surface area (Å²) >= 11 is 0. The third-order valence-corrected chi connectivity index (χ3v) is 3.56. The Balaban J connectivity index is 1.92. The van der Waals surface area contributed by atoms with Crippen LogP contribution in [0.15, 0.2) is 54.9 Å². The largest absolute Gasteiger partial charge is 0.329 e. The van der Waals surface area contributed by atoms with Gasteiger partial charge in [0.25, 0.3) is 0 Å². The average molecular weight is 265 g/mol. The summed E-state index contributed by atoms with van der Waals surface area (Å²) in [7, 11) is 0. The molecule has 3 rings (SSSR count). The first-order valence-corrected chi connectivity index (χ1v) is 7.06. The van der Waals surface area contributed by atoms with E-state index in [9.17, 15) is 0 Å². The minimum atomic E-state index is 0.814. The summed E-state index contributed by atoms with van der Waals surface area (Å²) in [4.78, 5) is 4.43. The molecule has 0 unspecified atom stereocenters. The zero-order valence-electron chi connectivity index (χ0n) is 11.7. The zero-order chi connectivity index (χ0) is 13.8. The van der Waals surface area contributed by atoms with Gasteiger partial charge in [-0.05, 0) is 22.9 Å². The Hall–Kier alpha value is -2.13. The monoisotopic (exact) mass is 265 g/mol. The minimum Gasteiger partial charge on any atom is -0.329 e. The molecule has 0 spiro atoms. The smallest absolute Gasteiger partial charge is 0.122 e. The maximum absolute atomic E-state index is 4.43. The highest BCUT2D eigenvalue weighted by atomic mass is 15.1. The summed E-state index contributed by atoms with van der Waals surface area (Å²) in [6, 6.07) is 15.0. The molecule has 0 atom stereocenters. The van der Waals surface area contributed by atoms with Crippen LogP contribution < -0.4 is 5.32 Å². The summed E-state index contributed by atoms with van der Waals surface area (Å²) < 4.78 is 2.21.